The Labute approximate surface area is 70.9 Å². The van der Waals surface area contributed by atoms with Gasteiger partial charge in [0, 0.05) is 7.05 Å². The maximum absolute atomic E-state index is 10.7. The second kappa shape index (κ2) is 5.18. The largest absolute Gasteiger partial charge is 0.358 e. The van der Waals surface area contributed by atoms with Crippen LogP contribution in [0.3, 0.4) is 0 Å². The first-order valence-electron chi connectivity index (χ1n) is 3.40. The van der Waals surface area contributed by atoms with E-state index < -0.39 is 0 Å². The van der Waals surface area contributed by atoms with Crippen LogP contribution in [0.2, 0.25) is 0 Å². The summed E-state index contributed by atoms with van der Waals surface area (Å²) in [5, 5.41) is 2.41. The van der Waals surface area contributed by atoms with Crippen LogP contribution in [0.15, 0.2) is 0 Å². The molecule has 0 spiro atoms. The third kappa shape index (κ3) is 4.84. The van der Waals surface area contributed by atoms with Gasteiger partial charge in [0.25, 0.3) is 0 Å². The molecular formula is C7H13NO2S. The second-order valence-corrected chi connectivity index (χ2v) is 3.57. The molecule has 0 aliphatic carbocycles. The van der Waals surface area contributed by atoms with Crippen molar-refractivity contribution in [1.82, 2.24) is 5.32 Å². The van der Waals surface area contributed by atoms with E-state index in [-0.39, 0.29) is 16.9 Å². The molecule has 0 aliphatic heterocycles. The molecular weight excluding hydrogens is 162 g/mol. The minimum absolute atomic E-state index is 0.0388. The summed E-state index contributed by atoms with van der Waals surface area (Å²) in [6.45, 7) is 3.33. The maximum Gasteiger partial charge on any atom is 0.229 e. The minimum Gasteiger partial charge on any atom is -0.358 e. The van der Waals surface area contributed by atoms with Gasteiger partial charge < -0.3 is 5.32 Å². The van der Waals surface area contributed by atoms with E-state index in [9.17, 15) is 9.59 Å². The van der Waals surface area contributed by atoms with Crippen molar-refractivity contribution in [3.8, 4) is 0 Å². The lowest BCUT2D eigenvalue weighted by atomic mass is 10.3. The molecule has 0 rings (SSSR count). The van der Waals surface area contributed by atoms with Crippen LogP contribution in [0.1, 0.15) is 13.8 Å². The van der Waals surface area contributed by atoms with Crippen molar-refractivity contribution in [1.29, 1.82) is 0 Å². The summed E-state index contributed by atoms with van der Waals surface area (Å²) in [4.78, 5) is 21.4. The number of nitrogens with one attached hydrogen (secondary N) is 1. The van der Waals surface area contributed by atoms with Gasteiger partial charge in [-0.05, 0) is 13.8 Å². The highest BCUT2D eigenvalue weighted by Crippen LogP contribution is 2.09. The number of thioether (sulfide) groups is 1. The fourth-order valence-electron chi connectivity index (χ4n) is 0.390. The SMILES string of the molecule is CNC(=O)CSC(C)C(C)=O. The number of rotatable bonds is 4. The molecule has 1 N–H and O–H groups in total. The molecule has 0 aromatic rings. The number of hydrogen-bond acceptors (Lipinski definition) is 3. The zero-order valence-corrected chi connectivity index (χ0v) is 7.83. The molecule has 0 heterocycles. The van der Waals surface area contributed by atoms with E-state index in [1.54, 1.807) is 14.0 Å². The Morgan fingerprint density at radius 2 is 2.09 bits per heavy atom. The molecule has 1 amide bonds. The smallest absolute Gasteiger partial charge is 0.229 e. The van der Waals surface area contributed by atoms with Gasteiger partial charge >= 0.3 is 0 Å². The van der Waals surface area contributed by atoms with Crippen LogP contribution >= 0.6 is 11.8 Å². The molecule has 4 heteroatoms. The van der Waals surface area contributed by atoms with Gasteiger partial charge in [-0.1, -0.05) is 0 Å². The van der Waals surface area contributed by atoms with Crippen molar-refractivity contribution in [2.75, 3.05) is 12.8 Å². The topological polar surface area (TPSA) is 46.2 Å². The summed E-state index contributed by atoms with van der Waals surface area (Å²) < 4.78 is 0. The Bertz CT molecular complexity index is 159. The van der Waals surface area contributed by atoms with Crippen molar-refractivity contribution in [2.45, 2.75) is 19.1 Å². The lowest BCUT2D eigenvalue weighted by molar-refractivity contribution is -0.118. The third-order valence-corrected chi connectivity index (χ3v) is 2.58. The van der Waals surface area contributed by atoms with Crippen LogP contribution in [0.5, 0.6) is 0 Å². The number of hydrogen-bond donors (Lipinski definition) is 1. The van der Waals surface area contributed by atoms with E-state index in [2.05, 4.69) is 5.32 Å². The molecule has 0 fully saturated rings. The Balaban J connectivity index is 3.54. The molecule has 3 nitrogen and oxygen atoms in total. The van der Waals surface area contributed by atoms with Gasteiger partial charge in [0.1, 0.15) is 5.78 Å². The molecule has 0 bridgehead atoms. The Morgan fingerprint density at radius 3 is 2.45 bits per heavy atom. The summed E-state index contributed by atoms with van der Waals surface area (Å²) in [5.74, 6) is 0.430. The molecule has 0 saturated carbocycles. The van der Waals surface area contributed by atoms with Gasteiger partial charge in [0.05, 0.1) is 11.0 Å². The van der Waals surface area contributed by atoms with Crippen molar-refractivity contribution < 1.29 is 9.59 Å². The van der Waals surface area contributed by atoms with Crippen LogP contribution in [0, 0.1) is 0 Å². The highest BCUT2D eigenvalue weighted by atomic mass is 32.2. The zero-order valence-electron chi connectivity index (χ0n) is 7.01. The number of amides is 1. The van der Waals surface area contributed by atoms with Crippen LogP contribution in [0.4, 0.5) is 0 Å². The normalized spacial score (nSPS) is 12.3. The van der Waals surface area contributed by atoms with Crippen LogP contribution in [0.25, 0.3) is 0 Å². The molecule has 1 atom stereocenters. The van der Waals surface area contributed by atoms with Gasteiger partial charge in [-0.25, -0.2) is 0 Å². The molecule has 0 aromatic heterocycles. The van der Waals surface area contributed by atoms with Gasteiger partial charge in [-0.2, -0.15) is 0 Å². The average Bonchev–Trinajstić information content (AvgIpc) is 1.99. The van der Waals surface area contributed by atoms with Crippen molar-refractivity contribution >= 4 is 23.5 Å². The third-order valence-electron chi connectivity index (χ3n) is 1.32. The van der Waals surface area contributed by atoms with E-state index >= 15 is 0 Å². The van der Waals surface area contributed by atoms with Crippen molar-refractivity contribution in [2.24, 2.45) is 0 Å². The quantitative estimate of drug-likeness (QED) is 0.674. The van der Waals surface area contributed by atoms with E-state index in [0.29, 0.717) is 5.75 Å². The highest BCUT2D eigenvalue weighted by Gasteiger charge is 2.09. The van der Waals surface area contributed by atoms with Gasteiger partial charge in [-0.15, -0.1) is 11.8 Å². The maximum atomic E-state index is 10.7. The van der Waals surface area contributed by atoms with Gasteiger partial charge in [0.2, 0.25) is 5.91 Å². The summed E-state index contributed by atoms with van der Waals surface area (Å²) >= 11 is 1.36. The number of carbonyl (C=O) groups is 2. The average molecular weight is 175 g/mol. The highest BCUT2D eigenvalue weighted by molar-refractivity contribution is 8.01. The van der Waals surface area contributed by atoms with E-state index in [1.807, 2.05) is 0 Å². The first-order chi connectivity index (χ1) is 5.07. The number of carbonyl (C=O) groups excluding carboxylic acids is 2. The number of ketones is 1. The summed E-state index contributed by atoms with van der Waals surface area (Å²) in [6.07, 6.45) is 0. The zero-order chi connectivity index (χ0) is 8.85. The Kier molecular flexibility index (Phi) is 4.94. The van der Waals surface area contributed by atoms with E-state index in [0.717, 1.165) is 0 Å². The van der Waals surface area contributed by atoms with Crippen LogP contribution < -0.4 is 5.32 Å². The van der Waals surface area contributed by atoms with Crippen LogP contribution in [-0.2, 0) is 9.59 Å². The molecule has 0 aliphatic rings. The first-order valence-corrected chi connectivity index (χ1v) is 4.45. The fourth-order valence-corrected chi connectivity index (χ4v) is 1.17. The van der Waals surface area contributed by atoms with Crippen LogP contribution in [-0.4, -0.2) is 29.7 Å². The molecule has 11 heavy (non-hydrogen) atoms. The molecule has 1 unspecified atom stereocenters. The fraction of sp³-hybridized carbons (Fsp3) is 0.714. The predicted octanol–water partition coefficient (Wildman–Crippen LogP) is 0.443. The minimum atomic E-state index is -0.0766. The molecule has 0 aromatic carbocycles. The second-order valence-electron chi connectivity index (χ2n) is 2.24. The summed E-state index contributed by atoms with van der Waals surface area (Å²) in [5.41, 5.74) is 0. The van der Waals surface area contributed by atoms with Gasteiger partial charge in [0.15, 0.2) is 0 Å². The van der Waals surface area contributed by atoms with Crippen molar-refractivity contribution in [3.63, 3.8) is 0 Å². The Hall–Kier alpha value is -0.510. The predicted molar refractivity (Wildman–Crippen MR) is 46.7 cm³/mol. The standard InChI is InChI=1S/C7H13NO2S/c1-5(9)6(2)11-4-7(10)8-3/h6H,4H2,1-3H3,(H,8,10). The first kappa shape index (κ1) is 10.5. The molecule has 0 radical (unpaired) electrons. The Morgan fingerprint density at radius 1 is 1.55 bits per heavy atom. The lowest BCUT2D eigenvalue weighted by Crippen LogP contribution is -2.22. The number of Topliss-reactive ketones (excluding diaryl/α,β-unsaturated/α-hetero) is 1. The molecule has 0 saturated heterocycles. The lowest BCUT2D eigenvalue weighted by Gasteiger charge is -2.05. The monoisotopic (exact) mass is 175 g/mol. The molecule has 64 valence electrons. The summed E-state index contributed by atoms with van der Waals surface area (Å²) in [7, 11) is 1.58. The van der Waals surface area contributed by atoms with Gasteiger partial charge in [-0.3, -0.25) is 9.59 Å². The van der Waals surface area contributed by atoms with E-state index in [4.69, 9.17) is 0 Å². The van der Waals surface area contributed by atoms with Crippen molar-refractivity contribution in [3.05, 3.63) is 0 Å². The van der Waals surface area contributed by atoms with E-state index in [1.165, 1.54) is 18.7 Å². The summed E-state index contributed by atoms with van der Waals surface area (Å²) in [6, 6.07) is 0.